The summed E-state index contributed by atoms with van der Waals surface area (Å²) in [5.74, 6) is 0.689. The highest BCUT2D eigenvalue weighted by atomic mass is 16.5. The van der Waals surface area contributed by atoms with Crippen LogP contribution in [-0.4, -0.2) is 43.4 Å². The van der Waals surface area contributed by atoms with Gasteiger partial charge in [0.25, 0.3) is 0 Å². The van der Waals surface area contributed by atoms with E-state index >= 15 is 0 Å². The maximum atomic E-state index is 10.4. The molecule has 112 valence electrons. The molecular formula is C17H27NO2. The van der Waals surface area contributed by atoms with Gasteiger partial charge in [0.2, 0.25) is 0 Å². The van der Waals surface area contributed by atoms with E-state index in [4.69, 9.17) is 4.74 Å². The van der Waals surface area contributed by atoms with Gasteiger partial charge in [-0.3, -0.25) is 0 Å². The molecule has 0 aromatic heterocycles. The van der Waals surface area contributed by atoms with Crippen LogP contribution >= 0.6 is 0 Å². The van der Waals surface area contributed by atoms with Gasteiger partial charge in [0.15, 0.2) is 0 Å². The minimum Gasteiger partial charge on any atom is -0.387 e. The molecule has 0 aliphatic carbocycles. The molecule has 0 bridgehead atoms. The summed E-state index contributed by atoms with van der Waals surface area (Å²) in [6, 6.07) is 6.33. The summed E-state index contributed by atoms with van der Waals surface area (Å²) >= 11 is 0. The molecule has 1 N–H and O–H groups in total. The van der Waals surface area contributed by atoms with Crippen molar-refractivity contribution in [1.29, 1.82) is 0 Å². The molecular weight excluding hydrogens is 250 g/mol. The van der Waals surface area contributed by atoms with Gasteiger partial charge in [0, 0.05) is 20.3 Å². The lowest BCUT2D eigenvalue weighted by Crippen LogP contribution is -2.37. The molecule has 3 nitrogen and oxygen atoms in total. The molecule has 0 spiro atoms. The van der Waals surface area contributed by atoms with Gasteiger partial charge in [-0.2, -0.15) is 0 Å². The number of hydrogen-bond donors (Lipinski definition) is 1. The summed E-state index contributed by atoms with van der Waals surface area (Å²) < 4.78 is 5.23. The maximum Gasteiger partial charge on any atom is 0.0917 e. The normalized spacial score (nSPS) is 19.2. The third kappa shape index (κ3) is 4.30. The predicted molar refractivity (Wildman–Crippen MR) is 81.9 cm³/mol. The Balaban J connectivity index is 1.87. The number of hydrogen-bond acceptors (Lipinski definition) is 3. The molecule has 0 saturated carbocycles. The number of aliphatic hydroxyl groups excluding tert-OH is 1. The highest BCUT2D eigenvalue weighted by Crippen LogP contribution is 2.22. The van der Waals surface area contributed by atoms with E-state index in [9.17, 15) is 5.11 Å². The molecule has 1 aliphatic rings. The van der Waals surface area contributed by atoms with Crippen LogP contribution in [0.2, 0.25) is 0 Å². The summed E-state index contributed by atoms with van der Waals surface area (Å²) in [7, 11) is 1.77. The topological polar surface area (TPSA) is 32.7 Å². The average molecular weight is 277 g/mol. The monoisotopic (exact) mass is 277 g/mol. The Morgan fingerprint density at radius 1 is 1.20 bits per heavy atom. The van der Waals surface area contributed by atoms with E-state index in [1.165, 1.54) is 24.0 Å². The van der Waals surface area contributed by atoms with Crippen molar-refractivity contribution < 1.29 is 9.84 Å². The van der Waals surface area contributed by atoms with Crippen LogP contribution in [-0.2, 0) is 4.74 Å². The first-order chi connectivity index (χ1) is 9.58. The molecule has 1 heterocycles. The zero-order chi connectivity index (χ0) is 14.5. The number of methoxy groups -OCH3 is 1. The molecule has 1 fully saturated rings. The number of β-amino-alcohol motifs (C(OH)–C–C–N with tert-alkyl or cyclic N) is 1. The third-order valence-corrected chi connectivity index (χ3v) is 4.17. The Morgan fingerprint density at radius 2 is 1.80 bits per heavy atom. The molecule has 1 atom stereocenters. The fraction of sp³-hybridized carbons (Fsp3) is 0.647. The first-order valence-corrected chi connectivity index (χ1v) is 7.56. The number of aliphatic hydroxyl groups is 1. The van der Waals surface area contributed by atoms with E-state index in [-0.39, 0.29) is 6.10 Å². The van der Waals surface area contributed by atoms with Crippen LogP contribution in [0, 0.1) is 19.8 Å². The molecule has 20 heavy (non-hydrogen) atoms. The fourth-order valence-electron chi connectivity index (χ4n) is 3.12. The first-order valence-electron chi connectivity index (χ1n) is 7.56. The van der Waals surface area contributed by atoms with Crippen LogP contribution in [0.3, 0.4) is 0 Å². The summed E-state index contributed by atoms with van der Waals surface area (Å²) in [6.45, 7) is 7.90. The minimum atomic E-state index is -0.382. The Kier molecular flexibility index (Phi) is 5.58. The Morgan fingerprint density at radius 3 is 2.35 bits per heavy atom. The molecule has 1 aliphatic heterocycles. The van der Waals surface area contributed by atoms with E-state index in [1.807, 2.05) is 0 Å². The average Bonchev–Trinajstić information content (AvgIpc) is 2.40. The second kappa shape index (κ2) is 7.21. The second-order valence-corrected chi connectivity index (χ2v) is 6.14. The van der Waals surface area contributed by atoms with Crippen LogP contribution in [0.1, 0.15) is 35.6 Å². The quantitative estimate of drug-likeness (QED) is 0.898. The van der Waals surface area contributed by atoms with Gasteiger partial charge in [-0.15, -0.1) is 0 Å². The number of rotatable bonds is 5. The lowest BCUT2D eigenvalue weighted by molar-refractivity contribution is 0.0656. The molecule has 1 aromatic carbocycles. The van der Waals surface area contributed by atoms with Crippen LogP contribution in [0.15, 0.2) is 18.2 Å². The summed E-state index contributed by atoms with van der Waals surface area (Å²) in [4.78, 5) is 2.37. The largest absolute Gasteiger partial charge is 0.387 e. The Labute approximate surface area is 122 Å². The minimum absolute atomic E-state index is 0.382. The van der Waals surface area contributed by atoms with E-state index in [0.717, 1.165) is 31.8 Å². The smallest absolute Gasteiger partial charge is 0.0917 e. The van der Waals surface area contributed by atoms with E-state index < -0.39 is 0 Å². The number of piperidine rings is 1. The van der Waals surface area contributed by atoms with Gasteiger partial charge in [-0.05, 0) is 51.3 Å². The van der Waals surface area contributed by atoms with Gasteiger partial charge in [-0.25, -0.2) is 0 Å². The first kappa shape index (κ1) is 15.5. The predicted octanol–water partition coefficient (Wildman–Crippen LogP) is 2.70. The summed E-state index contributed by atoms with van der Waals surface area (Å²) in [5, 5.41) is 10.4. The van der Waals surface area contributed by atoms with Crippen molar-refractivity contribution in [2.75, 3.05) is 33.4 Å². The number of benzene rings is 1. The third-order valence-electron chi connectivity index (χ3n) is 4.17. The molecule has 2 rings (SSSR count). The van der Waals surface area contributed by atoms with Gasteiger partial charge < -0.3 is 14.7 Å². The van der Waals surface area contributed by atoms with E-state index in [1.54, 1.807) is 7.11 Å². The molecule has 3 heteroatoms. The zero-order valence-electron chi connectivity index (χ0n) is 12.9. The van der Waals surface area contributed by atoms with E-state index in [0.29, 0.717) is 5.92 Å². The van der Waals surface area contributed by atoms with Crippen molar-refractivity contribution in [1.82, 2.24) is 4.90 Å². The van der Waals surface area contributed by atoms with Gasteiger partial charge in [0.05, 0.1) is 6.10 Å². The number of likely N-dealkylation sites (tertiary alicyclic amines) is 1. The van der Waals surface area contributed by atoms with Gasteiger partial charge >= 0.3 is 0 Å². The van der Waals surface area contributed by atoms with Crippen molar-refractivity contribution in [2.45, 2.75) is 32.8 Å². The molecule has 0 radical (unpaired) electrons. The highest BCUT2D eigenvalue weighted by molar-refractivity contribution is 5.30. The molecule has 1 aromatic rings. The lowest BCUT2D eigenvalue weighted by Gasteiger charge is -2.33. The van der Waals surface area contributed by atoms with Crippen LogP contribution < -0.4 is 0 Å². The molecule has 1 saturated heterocycles. The van der Waals surface area contributed by atoms with Gasteiger partial charge in [0.1, 0.15) is 0 Å². The van der Waals surface area contributed by atoms with Crippen molar-refractivity contribution >= 4 is 0 Å². The van der Waals surface area contributed by atoms with E-state index in [2.05, 4.69) is 36.9 Å². The highest BCUT2D eigenvalue weighted by Gasteiger charge is 2.21. The standard InChI is InChI=1S/C17H27NO2/c1-13-8-14(2)10-16(9-13)17(19)11-18-6-4-15(5-7-18)12-20-3/h8-10,15,17,19H,4-7,11-12H2,1-3H3. The lowest BCUT2D eigenvalue weighted by atomic mass is 9.96. The summed E-state index contributed by atoms with van der Waals surface area (Å²) in [6.07, 6.45) is 1.97. The van der Waals surface area contributed by atoms with Crippen LogP contribution in [0.25, 0.3) is 0 Å². The van der Waals surface area contributed by atoms with Crippen molar-refractivity contribution in [3.05, 3.63) is 34.9 Å². The van der Waals surface area contributed by atoms with Crippen molar-refractivity contribution in [2.24, 2.45) is 5.92 Å². The number of aryl methyl sites for hydroxylation is 2. The second-order valence-electron chi connectivity index (χ2n) is 6.14. The van der Waals surface area contributed by atoms with Gasteiger partial charge in [-0.1, -0.05) is 29.3 Å². The fourth-order valence-corrected chi connectivity index (χ4v) is 3.12. The zero-order valence-corrected chi connectivity index (χ0v) is 12.9. The van der Waals surface area contributed by atoms with Crippen molar-refractivity contribution in [3.8, 4) is 0 Å². The number of ether oxygens (including phenoxy) is 1. The maximum absolute atomic E-state index is 10.4. The SMILES string of the molecule is COCC1CCN(CC(O)c2cc(C)cc(C)c2)CC1. The Bertz CT molecular complexity index is 405. The summed E-state index contributed by atoms with van der Waals surface area (Å²) in [5.41, 5.74) is 3.48. The molecule has 0 amide bonds. The van der Waals surface area contributed by atoms with Crippen LogP contribution in [0.5, 0.6) is 0 Å². The Hall–Kier alpha value is -0.900. The molecule has 1 unspecified atom stereocenters. The van der Waals surface area contributed by atoms with Crippen LogP contribution in [0.4, 0.5) is 0 Å². The number of nitrogens with zero attached hydrogens (tertiary/aromatic N) is 1. The van der Waals surface area contributed by atoms with Crippen molar-refractivity contribution in [3.63, 3.8) is 0 Å².